The summed E-state index contributed by atoms with van der Waals surface area (Å²) in [7, 11) is 0. The molecule has 0 saturated heterocycles. The molecular weight excluding hydrogens is 316 g/mol. The summed E-state index contributed by atoms with van der Waals surface area (Å²) in [6, 6.07) is 0. The molecule has 4 nitrogen and oxygen atoms in total. The number of ketones is 2. The lowest BCUT2D eigenvalue weighted by atomic mass is 9.45. The topological polar surface area (TPSA) is 60.4 Å². The number of carbonyl (C=O) groups excluding carboxylic acids is 3. The van der Waals surface area contributed by atoms with Gasteiger partial charge in [0.15, 0.2) is 0 Å². The van der Waals surface area contributed by atoms with Gasteiger partial charge < -0.3 is 4.74 Å². The average Bonchev–Trinajstić information content (AvgIpc) is 2.82. The fraction of sp³-hybridized carbons (Fsp3) is 0.857. The third-order valence-electron chi connectivity index (χ3n) is 8.35. The molecule has 4 rings (SSSR count). The summed E-state index contributed by atoms with van der Waals surface area (Å²) in [6.45, 7) is 5.83. The molecular formula is C21H30O4. The van der Waals surface area contributed by atoms with Crippen molar-refractivity contribution in [1.29, 1.82) is 0 Å². The quantitative estimate of drug-likeness (QED) is 0.679. The van der Waals surface area contributed by atoms with Gasteiger partial charge >= 0.3 is 5.97 Å². The van der Waals surface area contributed by atoms with E-state index in [1.807, 2.05) is 6.92 Å². The maximum atomic E-state index is 13.2. The van der Waals surface area contributed by atoms with Crippen LogP contribution >= 0.6 is 0 Å². The standard InChI is InChI=1S/C21H30O4/c1-12(22)25-14-8-9-20(2)13(10-14)4-5-15-16-6-7-18(24)21(16,3)11-17(23)19(15)20/h13-16,19H,4-11H2,1-3H3/t13-,14+,15+,16+,19-,20+,21+/m1/s1. The van der Waals surface area contributed by atoms with Crippen molar-refractivity contribution in [1.82, 2.24) is 0 Å². The van der Waals surface area contributed by atoms with E-state index in [2.05, 4.69) is 6.92 Å². The fourth-order valence-electron chi connectivity index (χ4n) is 7.15. The van der Waals surface area contributed by atoms with Crippen molar-refractivity contribution < 1.29 is 19.1 Å². The van der Waals surface area contributed by atoms with E-state index in [0.29, 0.717) is 42.2 Å². The van der Waals surface area contributed by atoms with E-state index >= 15 is 0 Å². The van der Waals surface area contributed by atoms with Gasteiger partial charge in [0.25, 0.3) is 0 Å². The smallest absolute Gasteiger partial charge is 0.302 e. The van der Waals surface area contributed by atoms with Gasteiger partial charge in [-0.05, 0) is 61.7 Å². The molecule has 4 aliphatic carbocycles. The Morgan fingerprint density at radius 1 is 1.12 bits per heavy atom. The molecule has 0 aromatic rings. The minimum Gasteiger partial charge on any atom is -0.463 e. The van der Waals surface area contributed by atoms with Gasteiger partial charge in [-0.3, -0.25) is 14.4 Å². The van der Waals surface area contributed by atoms with Crippen LogP contribution in [0, 0.1) is 34.5 Å². The van der Waals surface area contributed by atoms with Crippen LogP contribution in [0.5, 0.6) is 0 Å². The van der Waals surface area contributed by atoms with Gasteiger partial charge in [0.2, 0.25) is 0 Å². The van der Waals surface area contributed by atoms with Gasteiger partial charge in [0.05, 0.1) is 0 Å². The van der Waals surface area contributed by atoms with Crippen LogP contribution < -0.4 is 0 Å². The minimum atomic E-state index is -0.392. The Morgan fingerprint density at radius 3 is 2.60 bits per heavy atom. The monoisotopic (exact) mass is 346 g/mol. The summed E-state index contributed by atoms with van der Waals surface area (Å²) in [5, 5.41) is 0. The van der Waals surface area contributed by atoms with Crippen molar-refractivity contribution in [2.24, 2.45) is 34.5 Å². The number of ether oxygens (including phenoxy) is 1. The molecule has 0 aromatic carbocycles. The van der Waals surface area contributed by atoms with Crippen molar-refractivity contribution in [3.8, 4) is 0 Å². The van der Waals surface area contributed by atoms with Gasteiger partial charge in [-0.1, -0.05) is 13.8 Å². The van der Waals surface area contributed by atoms with Crippen molar-refractivity contribution in [3.63, 3.8) is 0 Å². The molecule has 0 amide bonds. The molecule has 0 aromatic heterocycles. The van der Waals surface area contributed by atoms with Gasteiger partial charge in [0.1, 0.15) is 17.7 Å². The van der Waals surface area contributed by atoms with Crippen LogP contribution in [0.15, 0.2) is 0 Å². The van der Waals surface area contributed by atoms with E-state index in [1.165, 1.54) is 6.92 Å². The summed E-state index contributed by atoms with van der Waals surface area (Å²) < 4.78 is 5.48. The lowest BCUT2D eigenvalue weighted by Gasteiger charge is -2.59. The highest BCUT2D eigenvalue weighted by atomic mass is 16.5. The second kappa shape index (κ2) is 5.65. The molecule has 0 spiro atoms. The van der Waals surface area contributed by atoms with E-state index in [0.717, 1.165) is 38.5 Å². The lowest BCUT2D eigenvalue weighted by molar-refractivity contribution is -0.168. The molecule has 0 radical (unpaired) electrons. The van der Waals surface area contributed by atoms with E-state index in [-0.39, 0.29) is 23.4 Å². The largest absolute Gasteiger partial charge is 0.463 e. The Balaban J connectivity index is 1.60. The molecule has 25 heavy (non-hydrogen) atoms. The normalized spacial score (nSPS) is 49.2. The van der Waals surface area contributed by atoms with E-state index in [4.69, 9.17) is 4.74 Å². The third kappa shape index (κ3) is 2.43. The molecule has 4 fully saturated rings. The molecule has 7 atom stereocenters. The molecule has 0 heterocycles. The van der Waals surface area contributed by atoms with Gasteiger partial charge in [-0.15, -0.1) is 0 Å². The lowest BCUT2D eigenvalue weighted by Crippen LogP contribution is -2.57. The summed E-state index contributed by atoms with van der Waals surface area (Å²) in [5.41, 5.74) is -0.375. The number of Topliss-reactive ketones (excluding diaryl/α,β-unsaturated/α-hetero) is 2. The first-order valence-corrected chi connectivity index (χ1v) is 9.99. The van der Waals surface area contributed by atoms with E-state index in [9.17, 15) is 14.4 Å². The molecule has 4 heteroatoms. The molecule has 0 aliphatic heterocycles. The van der Waals surface area contributed by atoms with E-state index in [1.54, 1.807) is 0 Å². The van der Waals surface area contributed by atoms with Gasteiger partial charge in [0, 0.05) is 31.1 Å². The Bertz CT molecular complexity index is 625. The first-order valence-electron chi connectivity index (χ1n) is 9.99. The summed E-state index contributed by atoms with van der Waals surface area (Å²) >= 11 is 0. The second-order valence-corrected chi connectivity index (χ2v) is 9.56. The Morgan fingerprint density at radius 2 is 1.88 bits per heavy atom. The third-order valence-corrected chi connectivity index (χ3v) is 8.35. The Labute approximate surface area is 150 Å². The van der Waals surface area contributed by atoms with Crippen molar-refractivity contribution in [2.75, 3.05) is 0 Å². The number of fused-ring (bicyclic) bond motifs is 5. The number of carbonyl (C=O) groups is 3. The zero-order valence-electron chi connectivity index (χ0n) is 15.7. The summed E-state index contributed by atoms with van der Waals surface area (Å²) in [4.78, 5) is 37.0. The average molecular weight is 346 g/mol. The Hall–Kier alpha value is -1.19. The van der Waals surface area contributed by atoms with Crippen LogP contribution in [0.2, 0.25) is 0 Å². The van der Waals surface area contributed by atoms with Crippen LogP contribution in [-0.2, 0) is 19.1 Å². The van der Waals surface area contributed by atoms with Crippen LogP contribution in [0.4, 0.5) is 0 Å². The molecule has 0 bridgehead atoms. The molecule has 4 saturated carbocycles. The zero-order valence-corrected chi connectivity index (χ0v) is 15.7. The molecule has 4 aliphatic rings. The predicted molar refractivity (Wildman–Crippen MR) is 92.7 cm³/mol. The van der Waals surface area contributed by atoms with Gasteiger partial charge in [-0.25, -0.2) is 0 Å². The maximum Gasteiger partial charge on any atom is 0.302 e. The molecule has 0 unspecified atom stereocenters. The zero-order chi connectivity index (χ0) is 18.0. The van der Waals surface area contributed by atoms with Gasteiger partial charge in [-0.2, -0.15) is 0 Å². The number of rotatable bonds is 1. The Kier molecular flexibility index (Phi) is 3.90. The van der Waals surface area contributed by atoms with Crippen molar-refractivity contribution in [3.05, 3.63) is 0 Å². The highest BCUT2D eigenvalue weighted by molar-refractivity contribution is 5.95. The summed E-state index contributed by atoms with van der Waals surface area (Å²) in [5.74, 6) is 1.78. The molecule has 138 valence electrons. The highest BCUT2D eigenvalue weighted by Gasteiger charge is 2.63. The fourth-order valence-corrected chi connectivity index (χ4v) is 7.15. The first kappa shape index (κ1) is 17.2. The van der Waals surface area contributed by atoms with Crippen molar-refractivity contribution in [2.45, 2.75) is 78.2 Å². The van der Waals surface area contributed by atoms with Crippen LogP contribution in [-0.4, -0.2) is 23.6 Å². The second-order valence-electron chi connectivity index (χ2n) is 9.56. The van der Waals surface area contributed by atoms with Crippen LogP contribution in [0.3, 0.4) is 0 Å². The predicted octanol–water partition coefficient (Wildman–Crippen LogP) is 3.71. The molecule has 0 N–H and O–H groups in total. The number of hydrogen-bond acceptors (Lipinski definition) is 4. The van der Waals surface area contributed by atoms with Crippen LogP contribution in [0.25, 0.3) is 0 Å². The van der Waals surface area contributed by atoms with Crippen LogP contribution in [0.1, 0.15) is 72.1 Å². The first-order chi connectivity index (χ1) is 11.8. The van der Waals surface area contributed by atoms with Crippen molar-refractivity contribution >= 4 is 17.5 Å². The maximum absolute atomic E-state index is 13.2. The van der Waals surface area contributed by atoms with E-state index < -0.39 is 5.41 Å². The number of esters is 1. The summed E-state index contributed by atoms with van der Waals surface area (Å²) in [6.07, 6.45) is 6.97. The SMILES string of the molecule is CC(=O)O[C@H]1CC[C@@]2(C)[C@H](CC[C@@H]3[C@@H]2C(=O)C[C@]2(C)C(=O)CC[C@@H]32)C1. The number of hydrogen-bond donors (Lipinski definition) is 0. The minimum absolute atomic E-state index is 0.0175. The highest BCUT2D eigenvalue weighted by Crippen LogP contribution is 2.64.